The van der Waals surface area contributed by atoms with Crippen molar-refractivity contribution in [2.45, 2.75) is 57.7 Å². The molecule has 1 heterocycles. The summed E-state index contributed by atoms with van der Waals surface area (Å²) in [6, 6.07) is 7.58. The molecule has 0 aliphatic carbocycles. The van der Waals surface area contributed by atoms with Crippen LogP contribution in [0.1, 0.15) is 38.7 Å². The van der Waals surface area contributed by atoms with Gasteiger partial charge >= 0.3 is 0 Å². The van der Waals surface area contributed by atoms with Crippen LogP contribution in [-0.2, 0) is 25.6 Å². The molecule has 1 saturated heterocycles. The van der Waals surface area contributed by atoms with Crippen molar-refractivity contribution >= 4 is 5.78 Å². The van der Waals surface area contributed by atoms with E-state index in [1.165, 1.54) is 0 Å². The lowest BCUT2D eigenvalue weighted by atomic mass is 10.1. The lowest BCUT2D eigenvalue weighted by Gasteiger charge is -2.27. The molecule has 1 aromatic carbocycles. The maximum absolute atomic E-state index is 12.5. The third kappa shape index (κ3) is 4.91. The Hall–Kier alpha value is -1.69. The first-order chi connectivity index (χ1) is 12.1. The summed E-state index contributed by atoms with van der Waals surface area (Å²) in [6.07, 6.45) is 2.25. The molecule has 5 heteroatoms. The second-order valence-corrected chi connectivity index (χ2v) is 6.12. The van der Waals surface area contributed by atoms with Gasteiger partial charge in [0, 0.05) is 6.42 Å². The number of rotatable bonds is 10. The number of methoxy groups -OCH3 is 1. The highest BCUT2D eigenvalue weighted by molar-refractivity contribution is 5.85. The van der Waals surface area contributed by atoms with E-state index < -0.39 is 18.0 Å². The SMILES string of the molecule is C=CCC(=O)[C@@H](OCc1ccc(OC)cc1)[C@H]1COC(CC)(CC)O1. The fourth-order valence-electron chi connectivity index (χ4n) is 2.92. The predicted octanol–water partition coefficient (Wildman–Crippen LogP) is 3.66. The van der Waals surface area contributed by atoms with Crippen molar-refractivity contribution in [3.8, 4) is 5.75 Å². The summed E-state index contributed by atoms with van der Waals surface area (Å²) >= 11 is 0. The second kappa shape index (κ2) is 9.13. The fourth-order valence-corrected chi connectivity index (χ4v) is 2.92. The summed E-state index contributed by atoms with van der Waals surface area (Å²) < 4.78 is 23.0. The van der Waals surface area contributed by atoms with Gasteiger partial charge in [-0.15, -0.1) is 6.58 Å². The van der Waals surface area contributed by atoms with Crippen molar-refractivity contribution in [1.29, 1.82) is 0 Å². The van der Waals surface area contributed by atoms with Gasteiger partial charge in [0.15, 0.2) is 11.6 Å². The molecule has 0 saturated carbocycles. The van der Waals surface area contributed by atoms with E-state index in [0.29, 0.717) is 13.2 Å². The van der Waals surface area contributed by atoms with Gasteiger partial charge in [0.1, 0.15) is 18.0 Å². The van der Waals surface area contributed by atoms with E-state index in [2.05, 4.69) is 6.58 Å². The highest BCUT2D eigenvalue weighted by atomic mass is 16.8. The third-order valence-electron chi connectivity index (χ3n) is 4.54. The van der Waals surface area contributed by atoms with E-state index in [1.54, 1.807) is 13.2 Å². The predicted molar refractivity (Wildman–Crippen MR) is 95.5 cm³/mol. The Balaban J connectivity index is 2.05. The number of hydrogen-bond donors (Lipinski definition) is 0. The molecule has 0 amide bonds. The molecule has 0 aromatic heterocycles. The molecule has 2 atom stereocenters. The third-order valence-corrected chi connectivity index (χ3v) is 4.54. The van der Waals surface area contributed by atoms with Gasteiger partial charge in [0.2, 0.25) is 0 Å². The summed E-state index contributed by atoms with van der Waals surface area (Å²) in [7, 11) is 1.63. The highest BCUT2D eigenvalue weighted by Gasteiger charge is 2.44. The molecule has 0 bridgehead atoms. The fraction of sp³-hybridized carbons (Fsp3) is 0.550. The van der Waals surface area contributed by atoms with Gasteiger partial charge in [-0.3, -0.25) is 4.79 Å². The average Bonchev–Trinajstić information content (AvgIpc) is 3.07. The zero-order valence-corrected chi connectivity index (χ0v) is 15.3. The molecule has 1 aliphatic heterocycles. The lowest BCUT2D eigenvalue weighted by molar-refractivity contribution is -0.187. The van der Waals surface area contributed by atoms with Crippen molar-refractivity contribution in [3.63, 3.8) is 0 Å². The van der Waals surface area contributed by atoms with Crippen molar-refractivity contribution < 1.29 is 23.7 Å². The quantitative estimate of drug-likeness (QED) is 0.604. The van der Waals surface area contributed by atoms with Crippen molar-refractivity contribution in [2.24, 2.45) is 0 Å². The van der Waals surface area contributed by atoms with Crippen LogP contribution >= 0.6 is 0 Å². The van der Waals surface area contributed by atoms with E-state index >= 15 is 0 Å². The summed E-state index contributed by atoms with van der Waals surface area (Å²) in [4.78, 5) is 12.5. The topological polar surface area (TPSA) is 54.0 Å². The minimum absolute atomic E-state index is 0.0416. The number of ether oxygens (including phenoxy) is 4. The van der Waals surface area contributed by atoms with Crippen LogP contribution in [0.3, 0.4) is 0 Å². The van der Waals surface area contributed by atoms with Gasteiger partial charge in [-0.05, 0) is 30.5 Å². The molecule has 2 rings (SSSR count). The lowest BCUT2D eigenvalue weighted by Crippen LogP contribution is -2.40. The van der Waals surface area contributed by atoms with Crippen molar-refractivity contribution in [1.82, 2.24) is 0 Å². The van der Waals surface area contributed by atoms with Crippen molar-refractivity contribution in [3.05, 3.63) is 42.5 Å². The largest absolute Gasteiger partial charge is 0.497 e. The molecule has 1 fully saturated rings. The van der Waals surface area contributed by atoms with Crippen LogP contribution in [0.5, 0.6) is 5.75 Å². The van der Waals surface area contributed by atoms with Crippen LogP contribution in [0.2, 0.25) is 0 Å². The Morgan fingerprint density at radius 2 is 2.04 bits per heavy atom. The maximum Gasteiger partial charge on any atom is 0.168 e. The van der Waals surface area contributed by atoms with Gasteiger partial charge in [0.05, 0.1) is 20.3 Å². The molecule has 0 spiro atoms. The van der Waals surface area contributed by atoms with E-state index in [4.69, 9.17) is 18.9 Å². The molecule has 0 radical (unpaired) electrons. The minimum atomic E-state index is -0.667. The van der Waals surface area contributed by atoms with E-state index in [1.807, 2.05) is 38.1 Å². The van der Waals surface area contributed by atoms with Crippen LogP contribution < -0.4 is 4.74 Å². The molecule has 25 heavy (non-hydrogen) atoms. The summed E-state index contributed by atoms with van der Waals surface area (Å²) in [6.45, 7) is 8.36. The number of benzene rings is 1. The number of hydrogen-bond acceptors (Lipinski definition) is 5. The van der Waals surface area contributed by atoms with Crippen LogP contribution in [0.4, 0.5) is 0 Å². The molecule has 0 N–H and O–H groups in total. The molecular formula is C20H28O5. The highest BCUT2D eigenvalue weighted by Crippen LogP contribution is 2.32. The Morgan fingerprint density at radius 1 is 1.36 bits per heavy atom. The number of allylic oxidation sites excluding steroid dienone is 1. The molecular weight excluding hydrogens is 320 g/mol. The standard InChI is InChI=1S/C20H28O5/c1-5-8-17(21)19(18-14-24-20(6-2,7-3)25-18)23-13-15-9-11-16(22-4)12-10-15/h5,9-12,18-19H,1,6-8,13-14H2,2-4H3/t18-,19-/m1/s1. The molecule has 1 aromatic rings. The van der Waals surface area contributed by atoms with Gasteiger partial charge < -0.3 is 18.9 Å². The first-order valence-corrected chi connectivity index (χ1v) is 8.77. The smallest absolute Gasteiger partial charge is 0.168 e. The van der Waals surface area contributed by atoms with Crippen LogP contribution in [0.15, 0.2) is 36.9 Å². The van der Waals surface area contributed by atoms with Gasteiger partial charge in [-0.1, -0.05) is 32.1 Å². The molecule has 5 nitrogen and oxygen atoms in total. The van der Waals surface area contributed by atoms with Crippen molar-refractivity contribution in [2.75, 3.05) is 13.7 Å². The Labute approximate surface area is 149 Å². The zero-order chi connectivity index (χ0) is 18.3. The molecule has 138 valence electrons. The van der Waals surface area contributed by atoms with Gasteiger partial charge in [-0.2, -0.15) is 0 Å². The van der Waals surface area contributed by atoms with E-state index in [0.717, 1.165) is 24.2 Å². The normalized spacial score (nSPS) is 20.2. The first kappa shape index (κ1) is 19.6. The molecule has 1 aliphatic rings. The summed E-state index contributed by atoms with van der Waals surface area (Å²) in [5.74, 6) is 0.132. The Kier molecular flexibility index (Phi) is 7.17. The first-order valence-electron chi connectivity index (χ1n) is 8.77. The van der Waals surface area contributed by atoms with Crippen LogP contribution in [-0.4, -0.2) is 37.5 Å². The number of ketones is 1. The second-order valence-electron chi connectivity index (χ2n) is 6.12. The maximum atomic E-state index is 12.5. The van der Waals surface area contributed by atoms with E-state index in [9.17, 15) is 4.79 Å². The average molecular weight is 348 g/mol. The minimum Gasteiger partial charge on any atom is -0.497 e. The Morgan fingerprint density at radius 3 is 2.56 bits per heavy atom. The van der Waals surface area contributed by atoms with Gasteiger partial charge in [-0.25, -0.2) is 0 Å². The number of Topliss-reactive ketones (excluding diaryl/α,β-unsaturated/α-hetero) is 1. The zero-order valence-electron chi connectivity index (χ0n) is 15.3. The molecule has 0 unspecified atom stereocenters. The van der Waals surface area contributed by atoms with E-state index in [-0.39, 0.29) is 12.2 Å². The summed E-state index contributed by atoms with van der Waals surface area (Å²) in [5, 5.41) is 0. The Bertz CT molecular complexity index is 562. The number of carbonyl (C=O) groups is 1. The summed E-state index contributed by atoms with van der Waals surface area (Å²) in [5.41, 5.74) is 0.966. The van der Waals surface area contributed by atoms with Crippen LogP contribution in [0, 0.1) is 0 Å². The monoisotopic (exact) mass is 348 g/mol. The van der Waals surface area contributed by atoms with Crippen LogP contribution in [0.25, 0.3) is 0 Å². The number of carbonyl (C=O) groups excluding carboxylic acids is 1. The van der Waals surface area contributed by atoms with Gasteiger partial charge in [0.25, 0.3) is 0 Å².